The summed E-state index contributed by atoms with van der Waals surface area (Å²) in [4.78, 5) is 2.32. The van der Waals surface area contributed by atoms with Gasteiger partial charge in [0.15, 0.2) is 5.82 Å². The van der Waals surface area contributed by atoms with E-state index < -0.39 is 0 Å². The number of benzene rings is 1. The fourth-order valence-electron chi connectivity index (χ4n) is 2.78. The van der Waals surface area contributed by atoms with Crippen LogP contribution in [0.4, 0.5) is 5.82 Å². The highest BCUT2D eigenvalue weighted by molar-refractivity contribution is 5.37. The maximum Gasteiger partial charge on any atom is 0.151 e. The number of hydrogen-bond donors (Lipinski definition) is 1. The Morgan fingerprint density at radius 1 is 1.24 bits per heavy atom. The molecule has 110 valence electrons. The monoisotopic (exact) mass is 282 g/mol. The number of anilines is 1. The van der Waals surface area contributed by atoms with Crippen LogP contribution in [0.3, 0.4) is 0 Å². The van der Waals surface area contributed by atoms with Crippen molar-refractivity contribution in [2.75, 3.05) is 18.0 Å². The highest BCUT2D eigenvalue weighted by Crippen LogP contribution is 2.17. The second-order valence-corrected chi connectivity index (χ2v) is 5.73. The Labute approximate surface area is 126 Å². The molecule has 1 aliphatic rings. The lowest BCUT2D eigenvalue weighted by atomic mass is 10.0. The zero-order valence-corrected chi connectivity index (χ0v) is 12.5. The lowest BCUT2D eigenvalue weighted by Crippen LogP contribution is -2.45. The first-order valence-corrected chi connectivity index (χ1v) is 7.63. The molecule has 21 heavy (non-hydrogen) atoms. The van der Waals surface area contributed by atoms with Gasteiger partial charge >= 0.3 is 0 Å². The molecule has 0 amide bonds. The van der Waals surface area contributed by atoms with Gasteiger partial charge in [0.05, 0.1) is 0 Å². The van der Waals surface area contributed by atoms with Gasteiger partial charge in [-0.1, -0.05) is 29.8 Å². The van der Waals surface area contributed by atoms with Crippen LogP contribution >= 0.6 is 0 Å². The van der Waals surface area contributed by atoms with Crippen LogP contribution < -0.4 is 10.2 Å². The molecule has 0 spiro atoms. The number of nitrogens with zero attached hydrogens (tertiary/aromatic N) is 3. The fraction of sp³-hybridized carbons (Fsp3) is 0.412. The highest BCUT2D eigenvalue weighted by Gasteiger charge is 2.20. The van der Waals surface area contributed by atoms with Gasteiger partial charge in [-0.2, -0.15) is 5.10 Å². The summed E-state index contributed by atoms with van der Waals surface area (Å²) in [6, 6.07) is 13.2. The van der Waals surface area contributed by atoms with Crippen LogP contribution in [-0.2, 0) is 6.54 Å². The van der Waals surface area contributed by atoms with Gasteiger partial charge in [0.25, 0.3) is 0 Å². The SMILES string of the molecule is Cc1ccc(CNC2CCCN(c3cccnn3)C2)cc1. The van der Waals surface area contributed by atoms with Gasteiger partial charge in [0, 0.05) is 31.9 Å². The quantitative estimate of drug-likeness (QED) is 0.935. The average Bonchev–Trinajstić information content (AvgIpc) is 2.55. The second kappa shape index (κ2) is 6.68. The van der Waals surface area contributed by atoms with E-state index in [0.29, 0.717) is 6.04 Å². The van der Waals surface area contributed by atoms with Crippen LogP contribution in [0, 0.1) is 6.92 Å². The Balaban J connectivity index is 1.55. The smallest absolute Gasteiger partial charge is 0.151 e. The molecule has 1 aromatic carbocycles. The van der Waals surface area contributed by atoms with E-state index in [9.17, 15) is 0 Å². The molecule has 1 unspecified atom stereocenters. The maximum atomic E-state index is 4.21. The van der Waals surface area contributed by atoms with Crippen molar-refractivity contribution in [1.82, 2.24) is 15.5 Å². The van der Waals surface area contributed by atoms with Crippen molar-refractivity contribution < 1.29 is 0 Å². The first-order chi connectivity index (χ1) is 10.3. The predicted molar refractivity (Wildman–Crippen MR) is 85.3 cm³/mol. The second-order valence-electron chi connectivity index (χ2n) is 5.73. The number of rotatable bonds is 4. The van der Waals surface area contributed by atoms with E-state index >= 15 is 0 Å². The molecule has 0 saturated carbocycles. The summed E-state index contributed by atoms with van der Waals surface area (Å²) < 4.78 is 0. The molecule has 0 radical (unpaired) electrons. The van der Waals surface area contributed by atoms with Crippen molar-refractivity contribution >= 4 is 5.82 Å². The molecule has 2 aromatic rings. The average molecular weight is 282 g/mol. The molecule has 1 atom stereocenters. The summed E-state index contributed by atoms with van der Waals surface area (Å²) in [6.07, 6.45) is 4.14. The molecule has 4 heteroatoms. The summed E-state index contributed by atoms with van der Waals surface area (Å²) in [5, 5.41) is 11.9. The Hall–Kier alpha value is -1.94. The minimum absolute atomic E-state index is 0.516. The van der Waals surface area contributed by atoms with Gasteiger partial charge in [-0.25, -0.2) is 0 Å². The molecule has 1 aliphatic heterocycles. The van der Waals surface area contributed by atoms with Gasteiger partial charge in [0.2, 0.25) is 0 Å². The Morgan fingerprint density at radius 3 is 2.86 bits per heavy atom. The molecule has 3 rings (SSSR count). The summed E-state index contributed by atoms with van der Waals surface area (Å²) in [5.74, 6) is 0.985. The number of nitrogens with one attached hydrogen (secondary N) is 1. The Bertz CT molecular complexity index is 553. The third-order valence-corrected chi connectivity index (χ3v) is 4.02. The van der Waals surface area contributed by atoms with Crippen molar-refractivity contribution in [1.29, 1.82) is 0 Å². The largest absolute Gasteiger partial charge is 0.354 e. The maximum absolute atomic E-state index is 4.21. The van der Waals surface area contributed by atoms with Crippen LogP contribution in [0.1, 0.15) is 24.0 Å². The minimum Gasteiger partial charge on any atom is -0.354 e. The minimum atomic E-state index is 0.516. The van der Waals surface area contributed by atoms with Crippen LogP contribution in [0.5, 0.6) is 0 Å². The number of hydrogen-bond acceptors (Lipinski definition) is 4. The van der Waals surface area contributed by atoms with Crippen molar-refractivity contribution in [3.05, 3.63) is 53.7 Å². The van der Waals surface area contributed by atoms with Crippen LogP contribution in [0.15, 0.2) is 42.6 Å². The van der Waals surface area contributed by atoms with Crippen LogP contribution in [0.2, 0.25) is 0 Å². The van der Waals surface area contributed by atoms with E-state index in [1.165, 1.54) is 24.0 Å². The van der Waals surface area contributed by atoms with Gasteiger partial charge < -0.3 is 10.2 Å². The van der Waals surface area contributed by atoms with Crippen molar-refractivity contribution in [2.45, 2.75) is 32.4 Å². The van der Waals surface area contributed by atoms with Crippen LogP contribution in [0.25, 0.3) is 0 Å². The summed E-state index contributed by atoms with van der Waals surface area (Å²) >= 11 is 0. The molecule has 0 aliphatic carbocycles. The zero-order valence-electron chi connectivity index (χ0n) is 12.5. The van der Waals surface area contributed by atoms with Gasteiger partial charge in [-0.15, -0.1) is 5.10 Å². The third kappa shape index (κ3) is 3.79. The van der Waals surface area contributed by atoms with Crippen molar-refractivity contribution in [3.63, 3.8) is 0 Å². The molecule has 1 fully saturated rings. The zero-order chi connectivity index (χ0) is 14.5. The molecule has 1 aromatic heterocycles. The third-order valence-electron chi connectivity index (χ3n) is 4.02. The standard InChI is InChI=1S/C17H22N4/c1-14-6-8-15(9-7-14)12-18-16-4-3-11-21(13-16)17-5-2-10-19-20-17/h2,5-10,16,18H,3-4,11-13H2,1H3. The summed E-state index contributed by atoms with van der Waals surface area (Å²) in [5.41, 5.74) is 2.66. The Kier molecular flexibility index (Phi) is 4.46. The highest BCUT2D eigenvalue weighted by atomic mass is 15.3. The number of aromatic nitrogens is 2. The lowest BCUT2D eigenvalue weighted by Gasteiger charge is -2.33. The van der Waals surface area contributed by atoms with E-state index in [1.807, 2.05) is 12.1 Å². The number of aryl methyl sites for hydroxylation is 1. The first kappa shape index (κ1) is 14.0. The molecule has 1 saturated heterocycles. The lowest BCUT2D eigenvalue weighted by molar-refractivity contribution is 0.419. The Morgan fingerprint density at radius 2 is 2.10 bits per heavy atom. The van der Waals surface area contributed by atoms with Crippen molar-refractivity contribution in [2.24, 2.45) is 0 Å². The van der Waals surface area contributed by atoms with E-state index in [2.05, 4.69) is 51.6 Å². The predicted octanol–water partition coefficient (Wildman–Crippen LogP) is 2.54. The van der Waals surface area contributed by atoms with Gasteiger partial charge in [-0.3, -0.25) is 0 Å². The van der Waals surface area contributed by atoms with Crippen LogP contribution in [-0.4, -0.2) is 29.3 Å². The molecule has 1 N–H and O–H groups in total. The molecular weight excluding hydrogens is 260 g/mol. The summed E-state index contributed by atoms with van der Waals surface area (Å²) in [6.45, 7) is 5.13. The number of piperidine rings is 1. The van der Waals surface area contributed by atoms with E-state index in [4.69, 9.17) is 0 Å². The molecule has 4 nitrogen and oxygen atoms in total. The molecule has 0 bridgehead atoms. The topological polar surface area (TPSA) is 41.0 Å². The molecule has 2 heterocycles. The van der Waals surface area contributed by atoms with Gasteiger partial charge in [-0.05, 0) is 37.5 Å². The first-order valence-electron chi connectivity index (χ1n) is 7.63. The van der Waals surface area contributed by atoms with E-state index in [0.717, 1.165) is 25.5 Å². The van der Waals surface area contributed by atoms with E-state index in [-0.39, 0.29) is 0 Å². The van der Waals surface area contributed by atoms with Gasteiger partial charge in [0.1, 0.15) is 0 Å². The summed E-state index contributed by atoms with van der Waals surface area (Å²) in [7, 11) is 0. The molecular formula is C17H22N4. The van der Waals surface area contributed by atoms with E-state index in [1.54, 1.807) is 6.20 Å². The normalized spacial score (nSPS) is 18.7. The van der Waals surface area contributed by atoms with Crippen molar-refractivity contribution in [3.8, 4) is 0 Å². The fourth-order valence-corrected chi connectivity index (χ4v) is 2.78.